The van der Waals surface area contributed by atoms with Crippen LogP contribution >= 0.6 is 0 Å². The van der Waals surface area contributed by atoms with Crippen LogP contribution in [0.5, 0.6) is 0 Å². The third kappa shape index (κ3) is 4.03. The standard InChI is InChI=1S/C13H21N3O3S/c1-4-15-13(17)10(3)16-20(18,19)12-7-11(8-14)6-5-9(12)2/h5-7,10,16H,4,8,14H2,1-3H3,(H,15,17). The molecule has 0 radical (unpaired) electrons. The zero-order valence-corrected chi connectivity index (χ0v) is 12.8. The van der Waals surface area contributed by atoms with Crippen LogP contribution in [0.1, 0.15) is 25.0 Å². The van der Waals surface area contributed by atoms with E-state index in [1.165, 1.54) is 13.0 Å². The fourth-order valence-corrected chi connectivity index (χ4v) is 3.24. The van der Waals surface area contributed by atoms with Crippen LogP contribution in [0.2, 0.25) is 0 Å². The maximum absolute atomic E-state index is 12.3. The van der Waals surface area contributed by atoms with Gasteiger partial charge in [-0.25, -0.2) is 8.42 Å². The molecule has 7 heteroatoms. The second-order valence-electron chi connectivity index (χ2n) is 4.54. The van der Waals surface area contributed by atoms with Crippen LogP contribution < -0.4 is 15.8 Å². The first-order valence-corrected chi connectivity index (χ1v) is 7.89. The second-order valence-corrected chi connectivity index (χ2v) is 6.22. The molecule has 0 spiro atoms. The third-order valence-corrected chi connectivity index (χ3v) is 4.54. The lowest BCUT2D eigenvalue weighted by Gasteiger charge is -2.15. The van der Waals surface area contributed by atoms with Crippen molar-refractivity contribution >= 4 is 15.9 Å². The van der Waals surface area contributed by atoms with Gasteiger partial charge in [0.2, 0.25) is 15.9 Å². The predicted octanol–water partition coefficient (Wildman–Crippen LogP) is 0.257. The van der Waals surface area contributed by atoms with Gasteiger partial charge in [-0.2, -0.15) is 4.72 Å². The minimum absolute atomic E-state index is 0.150. The number of aryl methyl sites for hydroxylation is 1. The van der Waals surface area contributed by atoms with E-state index >= 15 is 0 Å². The fraction of sp³-hybridized carbons (Fsp3) is 0.462. The zero-order valence-electron chi connectivity index (χ0n) is 11.9. The number of carbonyl (C=O) groups excluding carboxylic acids is 1. The Morgan fingerprint density at radius 1 is 1.40 bits per heavy atom. The van der Waals surface area contributed by atoms with Gasteiger partial charge < -0.3 is 11.1 Å². The second kappa shape index (κ2) is 6.83. The number of benzene rings is 1. The average molecular weight is 299 g/mol. The highest BCUT2D eigenvalue weighted by Crippen LogP contribution is 2.17. The van der Waals surface area contributed by atoms with Crippen LogP contribution in [0.4, 0.5) is 0 Å². The van der Waals surface area contributed by atoms with Gasteiger partial charge in [-0.15, -0.1) is 0 Å². The van der Waals surface area contributed by atoms with E-state index in [1.54, 1.807) is 26.0 Å². The number of nitrogens with one attached hydrogen (secondary N) is 2. The van der Waals surface area contributed by atoms with Crippen molar-refractivity contribution < 1.29 is 13.2 Å². The molecule has 1 atom stereocenters. The van der Waals surface area contributed by atoms with Gasteiger partial charge in [0.25, 0.3) is 0 Å². The minimum atomic E-state index is -3.75. The summed E-state index contributed by atoms with van der Waals surface area (Å²) in [6, 6.07) is 4.18. The van der Waals surface area contributed by atoms with E-state index in [0.717, 1.165) is 5.56 Å². The summed E-state index contributed by atoms with van der Waals surface area (Å²) in [6.07, 6.45) is 0. The number of carbonyl (C=O) groups is 1. The zero-order chi connectivity index (χ0) is 15.3. The molecule has 0 bridgehead atoms. The monoisotopic (exact) mass is 299 g/mol. The molecule has 4 N–H and O–H groups in total. The fourth-order valence-electron chi connectivity index (χ4n) is 1.74. The molecular formula is C13H21N3O3S. The Kier molecular flexibility index (Phi) is 5.67. The van der Waals surface area contributed by atoms with Gasteiger partial charge in [-0.3, -0.25) is 4.79 Å². The van der Waals surface area contributed by atoms with E-state index < -0.39 is 16.1 Å². The molecule has 0 aliphatic heterocycles. The van der Waals surface area contributed by atoms with Gasteiger partial charge >= 0.3 is 0 Å². The highest BCUT2D eigenvalue weighted by Gasteiger charge is 2.23. The van der Waals surface area contributed by atoms with E-state index in [0.29, 0.717) is 12.1 Å². The van der Waals surface area contributed by atoms with Crippen LogP contribution in [0.3, 0.4) is 0 Å². The topological polar surface area (TPSA) is 101 Å². The van der Waals surface area contributed by atoms with Gasteiger partial charge in [0.05, 0.1) is 10.9 Å². The van der Waals surface area contributed by atoms with Crippen LogP contribution in [0.15, 0.2) is 23.1 Å². The molecule has 1 aromatic rings. The molecule has 0 saturated heterocycles. The van der Waals surface area contributed by atoms with Crippen molar-refractivity contribution in [1.82, 2.24) is 10.0 Å². The number of sulfonamides is 1. The predicted molar refractivity (Wildman–Crippen MR) is 77.5 cm³/mol. The summed E-state index contributed by atoms with van der Waals surface area (Å²) in [5, 5.41) is 2.57. The van der Waals surface area contributed by atoms with Crippen LogP contribution in [-0.2, 0) is 21.4 Å². The molecular weight excluding hydrogens is 278 g/mol. The lowest BCUT2D eigenvalue weighted by Crippen LogP contribution is -2.44. The van der Waals surface area contributed by atoms with Crippen LogP contribution in [-0.4, -0.2) is 26.9 Å². The van der Waals surface area contributed by atoms with Crippen molar-refractivity contribution in [3.63, 3.8) is 0 Å². The van der Waals surface area contributed by atoms with E-state index in [1.807, 2.05) is 0 Å². The molecule has 1 aromatic carbocycles. The molecule has 1 amide bonds. The number of amides is 1. The van der Waals surface area contributed by atoms with E-state index in [2.05, 4.69) is 10.0 Å². The summed E-state index contributed by atoms with van der Waals surface area (Å²) in [7, 11) is -3.75. The smallest absolute Gasteiger partial charge is 0.241 e. The van der Waals surface area contributed by atoms with Gasteiger partial charge in [0.1, 0.15) is 0 Å². The lowest BCUT2D eigenvalue weighted by molar-refractivity contribution is -0.122. The number of hydrogen-bond donors (Lipinski definition) is 3. The van der Waals surface area contributed by atoms with E-state index in [9.17, 15) is 13.2 Å². The van der Waals surface area contributed by atoms with Gasteiger partial charge in [0, 0.05) is 13.1 Å². The summed E-state index contributed by atoms with van der Waals surface area (Å²) in [6.45, 7) is 5.69. The highest BCUT2D eigenvalue weighted by atomic mass is 32.2. The number of likely N-dealkylation sites (N-methyl/N-ethyl adjacent to an activating group) is 1. The number of rotatable bonds is 6. The van der Waals surface area contributed by atoms with Gasteiger partial charge in [-0.1, -0.05) is 12.1 Å². The van der Waals surface area contributed by atoms with Gasteiger partial charge in [0.15, 0.2) is 0 Å². The Bertz CT molecular complexity index is 585. The maximum Gasteiger partial charge on any atom is 0.241 e. The van der Waals surface area contributed by atoms with Crippen molar-refractivity contribution in [2.24, 2.45) is 5.73 Å². The molecule has 0 saturated carbocycles. The summed E-state index contributed by atoms with van der Waals surface area (Å²) >= 11 is 0. The first-order valence-electron chi connectivity index (χ1n) is 6.41. The molecule has 1 unspecified atom stereocenters. The van der Waals surface area contributed by atoms with Crippen molar-refractivity contribution in [2.75, 3.05) is 6.54 Å². The van der Waals surface area contributed by atoms with Crippen molar-refractivity contribution in [3.8, 4) is 0 Å². The minimum Gasteiger partial charge on any atom is -0.355 e. The lowest BCUT2D eigenvalue weighted by atomic mass is 10.1. The summed E-state index contributed by atoms with van der Waals surface area (Å²) < 4.78 is 27.0. The van der Waals surface area contributed by atoms with Gasteiger partial charge in [-0.05, 0) is 38.0 Å². The molecule has 0 aromatic heterocycles. The number of nitrogens with two attached hydrogens (primary N) is 1. The molecule has 112 valence electrons. The molecule has 0 aliphatic rings. The Morgan fingerprint density at radius 2 is 2.05 bits per heavy atom. The molecule has 0 fully saturated rings. The first kappa shape index (κ1) is 16.6. The molecule has 0 heterocycles. The quantitative estimate of drug-likeness (QED) is 0.701. The van der Waals surface area contributed by atoms with E-state index in [4.69, 9.17) is 5.73 Å². The van der Waals surface area contributed by atoms with Crippen molar-refractivity contribution in [3.05, 3.63) is 29.3 Å². The average Bonchev–Trinajstić information content (AvgIpc) is 2.38. The number of hydrogen-bond acceptors (Lipinski definition) is 4. The summed E-state index contributed by atoms with van der Waals surface area (Å²) in [5.74, 6) is -0.358. The SMILES string of the molecule is CCNC(=O)C(C)NS(=O)(=O)c1cc(CN)ccc1C. The molecule has 6 nitrogen and oxygen atoms in total. The summed E-state index contributed by atoms with van der Waals surface area (Å²) in [4.78, 5) is 11.8. The Morgan fingerprint density at radius 3 is 2.60 bits per heavy atom. The normalized spacial score (nSPS) is 13.0. The largest absolute Gasteiger partial charge is 0.355 e. The third-order valence-electron chi connectivity index (χ3n) is 2.85. The molecule has 1 rings (SSSR count). The Balaban J connectivity index is 3.02. The Hall–Kier alpha value is -1.44. The molecule has 0 aliphatic carbocycles. The van der Waals surface area contributed by atoms with Crippen molar-refractivity contribution in [2.45, 2.75) is 38.3 Å². The van der Waals surface area contributed by atoms with Crippen LogP contribution in [0.25, 0.3) is 0 Å². The summed E-state index contributed by atoms with van der Waals surface area (Å²) in [5.41, 5.74) is 6.85. The Labute approximate surface area is 119 Å². The maximum atomic E-state index is 12.3. The van der Waals surface area contributed by atoms with Crippen molar-refractivity contribution in [1.29, 1.82) is 0 Å². The molecule has 20 heavy (non-hydrogen) atoms. The van der Waals surface area contributed by atoms with Crippen LogP contribution in [0, 0.1) is 6.92 Å². The highest BCUT2D eigenvalue weighted by molar-refractivity contribution is 7.89. The first-order chi connectivity index (χ1) is 9.31. The van der Waals surface area contributed by atoms with E-state index in [-0.39, 0.29) is 17.3 Å².